The number of hydrogen-bond acceptors (Lipinski definition) is 4. The van der Waals surface area contributed by atoms with Gasteiger partial charge in [0, 0.05) is 18.9 Å². The monoisotopic (exact) mass is 261 g/mol. The van der Waals surface area contributed by atoms with Crippen LogP contribution in [0.3, 0.4) is 0 Å². The topological polar surface area (TPSA) is 60.1 Å². The van der Waals surface area contributed by atoms with Gasteiger partial charge in [-0.1, -0.05) is 13.8 Å². The Hall–Kier alpha value is -2.04. The molecule has 1 unspecified atom stereocenters. The van der Waals surface area contributed by atoms with Crippen LogP contribution in [0.4, 0.5) is 5.82 Å². The van der Waals surface area contributed by atoms with Crippen molar-refractivity contribution in [3.05, 3.63) is 46.9 Å². The van der Waals surface area contributed by atoms with E-state index in [1.807, 2.05) is 19.1 Å². The fraction of sp³-hybridized carbons (Fsp3) is 0.429. The Balaban J connectivity index is 2.19. The number of anilines is 1. The van der Waals surface area contributed by atoms with Crippen molar-refractivity contribution in [2.75, 3.05) is 5.32 Å². The quantitative estimate of drug-likeness (QED) is 0.899. The highest BCUT2D eigenvalue weighted by Gasteiger charge is 2.12. The van der Waals surface area contributed by atoms with Crippen LogP contribution in [-0.4, -0.2) is 9.55 Å². The fourth-order valence-electron chi connectivity index (χ4n) is 1.90. The van der Waals surface area contributed by atoms with Crippen LogP contribution in [0.2, 0.25) is 0 Å². The first-order valence-electron chi connectivity index (χ1n) is 6.43. The van der Waals surface area contributed by atoms with Gasteiger partial charge in [-0.25, -0.2) is 4.98 Å². The molecule has 2 aromatic heterocycles. The Bertz CT molecular complexity index is 573. The minimum Gasteiger partial charge on any atom is -0.467 e. The number of hydrogen-bond donors (Lipinski definition) is 1. The van der Waals surface area contributed by atoms with Crippen LogP contribution in [0.15, 0.2) is 40.0 Å². The van der Waals surface area contributed by atoms with Gasteiger partial charge in [-0.2, -0.15) is 0 Å². The van der Waals surface area contributed by atoms with E-state index in [1.54, 1.807) is 23.2 Å². The molecular formula is C14H19N3O2. The Morgan fingerprint density at radius 1 is 1.42 bits per heavy atom. The summed E-state index contributed by atoms with van der Waals surface area (Å²) in [5, 5.41) is 3.09. The van der Waals surface area contributed by atoms with Gasteiger partial charge >= 0.3 is 0 Å². The highest BCUT2D eigenvalue weighted by molar-refractivity contribution is 5.33. The first kappa shape index (κ1) is 13.4. The number of furan rings is 1. The average Bonchev–Trinajstić information content (AvgIpc) is 2.87. The summed E-state index contributed by atoms with van der Waals surface area (Å²) in [6, 6.07) is 3.60. The third-order valence-electron chi connectivity index (χ3n) is 2.80. The molecule has 2 heterocycles. The van der Waals surface area contributed by atoms with Gasteiger partial charge in [0.05, 0.1) is 12.3 Å². The predicted octanol–water partition coefficient (Wildman–Crippen LogP) is 2.67. The van der Waals surface area contributed by atoms with Gasteiger partial charge < -0.3 is 14.3 Å². The molecule has 1 atom stereocenters. The average molecular weight is 261 g/mol. The van der Waals surface area contributed by atoms with Crippen molar-refractivity contribution in [3.63, 3.8) is 0 Å². The third kappa shape index (κ3) is 3.24. The molecule has 0 spiro atoms. The maximum Gasteiger partial charge on any atom is 0.293 e. The molecule has 0 fully saturated rings. The lowest BCUT2D eigenvalue weighted by Crippen LogP contribution is -2.26. The van der Waals surface area contributed by atoms with Gasteiger partial charge in [0.25, 0.3) is 5.56 Å². The molecule has 5 heteroatoms. The smallest absolute Gasteiger partial charge is 0.293 e. The SMILES string of the molecule is CC(C)Cn1ccnc(NC(C)c2ccco2)c1=O. The Morgan fingerprint density at radius 2 is 2.21 bits per heavy atom. The molecule has 0 aromatic carbocycles. The summed E-state index contributed by atoms with van der Waals surface area (Å²) >= 11 is 0. The van der Waals surface area contributed by atoms with E-state index in [2.05, 4.69) is 24.1 Å². The molecule has 5 nitrogen and oxygen atoms in total. The molecule has 0 aliphatic heterocycles. The zero-order chi connectivity index (χ0) is 13.8. The molecule has 0 amide bonds. The van der Waals surface area contributed by atoms with E-state index < -0.39 is 0 Å². The zero-order valence-corrected chi connectivity index (χ0v) is 11.5. The second-order valence-corrected chi connectivity index (χ2v) is 5.01. The number of nitrogens with zero attached hydrogens (tertiary/aromatic N) is 2. The normalized spacial score (nSPS) is 12.6. The molecule has 0 bridgehead atoms. The van der Waals surface area contributed by atoms with Gasteiger partial charge in [-0.05, 0) is 25.0 Å². The van der Waals surface area contributed by atoms with Gasteiger partial charge in [-0.3, -0.25) is 4.79 Å². The summed E-state index contributed by atoms with van der Waals surface area (Å²) in [6.45, 7) is 6.77. The maximum absolute atomic E-state index is 12.2. The van der Waals surface area contributed by atoms with Crippen molar-refractivity contribution in [2.24, 2.45) is 5.92 Å². The van der Waals surface area contributed by atoms with Crippen LogP contribution < -0.4 is 10.9 Å². The highest BCUT2D eigenvalue weighted by Crippen LogP contribution is 2.15. The molecule has 0 saturated carbocycles. The van der Waals surface area contributed by atoms with E-state index in [0.717, 1.165) is 5.76 Å². The second-order valence-electron chi connectivity index (χ2n) is 5.01. The first-order chi connectivity index (χ1) is 9.08. The van der Waals surface area contributed by atoms with Gasteiger partial charge in [0.2, 0.25) is 0 Å². The van der Waals surface area contributed by atoms with Gasteiger partial charge in [0.15, 0.2) is 5.82 Å². The fourth-order valence-corrected chi connectivity index (χ4v) is 1.90. The van der Waals surface area contributed by atoms with Crippen LogP contribution in [-0.2, 0) is 6.54 Å². The molecule has 2 rings (SSSR count). The summed E-state index contributed by atoms with van der Waals surface area (Å²) < 4.78 is 6.98. The minimum absolute atomic E-state index is 0.0925. The largest absolute Gasteiger partial charge is 0.467 e. The van der Waals surface area contributed by atoms with Crippen LogP contribution in [0.5, 0.6) is 0 Å². The van der Waals surface area contributed by atoms with Crippen molar-refractivity contribution in [2.45, 2.75) is 33.4 Å². The van der Waals surface area contributed by atoms with Crippen LogP contribution in [0.25, 0.3) is 0 Å². The first-order valence-corrected chi connectivity index (χ1v) is 6.43. The highest BCUT2D eigenvalue weighted by atomic mass is 16.3. The number of nitrogens with one attached hydrogen (secondary N) is 1. The molecular weight excluding hydrogens is 242 g/mol. The van der Waals surface area contributed by atoms with Crippen LogP contribution in [0, 0.1) is 5.92 Å². The maximum atomic E-state index is 12.2. The molecule has 0 aliphatic rings. The molecule has 0 radical (unpaired) electrons. The van der Waals surface area contributed by atoms with Crippen molar-refractivity contribution in [1.29, 1.82) is 0 Å². The lowest BCUT2D eigenvalue weighted by molar-refractivity contribution is 0.487. The van der Waals surface area contributed by atoms with E-state index >= 15 is 0 Å². The number of rotatable bonds is 5. The van der Waals surface area contributed by atoms with Crippen molar-refractivity contribution >= 4 is 5.82 Å². The Kier molecular flexibility index (Phi) is 4.04. The lowest BCUT2D eigenvalue weighted by Gasteiger charge is -2.14. The molecule has 102 valence electrons. The Morgan fingerprint density at radius 3 is 2.84 bits per heavy atom. The van der Waals surface area contributed by atoms with Gasteiger partial charge in [0.1, 0.15) is 5.76 Å². The van der Waals surface area contributed by atoms with Gasteiger partial charge in [-0.15, -0.1) is 0 Å². The van der Waals surface area contributed by atoms with Crippen LogP contribution >= 0.6 is 0 Å². The summed E-state index contributed by atoms with van der Waals surface area (Å²) in [6.07, 6.45) is 4.97. The van der Waals surface area contributed by atoms with Crippen molar-refractivity contribution in [3.8, 4) is 0 Å². The van der Waals surface area contributed by atoms with E-state index in [1.165, 1.54) is 0 Å². The van der Waals surface area contributed by atoms with E-state index in [0.29, 0.717) is 18.3 Å². The summed E-state index contributed by atoms with van der Waals surface area (Å²) in [5.41, 5.74) is -0.102. The summed E-state index contributed by atoms with van der Waals surface area (Å²) in [7, 11) is 0. The van der Waals surface area contributed by atoms with E-state index in [9.17, 15) is 4.79 Å². The molecule has 2 aromatic rings. The molecule has 19 heavy (non-hydrogen) atoms. The lowest BCUT2D eigenvalue weighted by atomic mass is 10.2. The number of aromatic nitrogens is 2. The zero-order valence-electron chi connectivity index (χ0n) is 11.5. The van der Waals surface area contributed by atoms with Crippen LogP contribution in [0.1, 0.15) is 32.6 Å². The Labute approximate surface area is 112 Å². The molecule has 1 N–H and O–H groups in total. The third-order valence-corrected chi connectivity index (χ3v) is 2.80. The summed E-state index contributed by atoms with van der Waals surface area (Å²) in [5.74, 6) is 1.54. The molecule has 0 saturated heterocycles. The standard InChI is InChI=1S/C14H19N3O2/c1-10(2)9-17-7-6-15-13(14(17)18)16-11(3)12-5-4-8-19-12/h4-8,10-11H,9H2,1-3H3,(H,15,16). The predicted molar refractivity (Wildman–Crippen MR) is 74.1 cm³/mol. The summed E-state index contributed by atoms with van der Waals surface area (Å²) in [4.78, 5) is 16.3. The minimum atomic E-state index is -0.102. The van der Waals surface area contributed by atoms with E-state index in [-0.39, 0.29) is 11.6 Å². The van der Waals surface area contributed by atoms with Crippen molar-refractivity contribution in [1.82, 2.24) is 9.55 Å². The van der Waals surface area contributed by atoms with Crippen molar-refractivity contribution < 1.29 is 4.42 Å². The second kappa shape index (κ2) is 5.73. The van der Waals surface area contributed by atoms with E-state index in [4.69, 9.17) is 4.42 Å². The molecule has 0 aliphatic carbocycles.